The lowest BCUT2D eigenvalue weighted by Crippen LogP contribution is -2.35. The number of aliphatic hydroxyl groups excluding tert-OH is 1. The minimum Gasteiger partial charge on any atom is -0.507 e. The maximum absolute atomic E-state index is 10.7. The molecule has 4 nitrogen and oxygen atoms in total. The molecule has 1 aliphatic rings. The third-order valence-corrected chi connectivity index (χ3v) is 5.81. The molecule has 0 aliphatic carbocycles. The second kappa shape index (κ2) is 6.29. The molecule has 0 amide bonds. The fourth-order valence-corrected chi connectivity index (χ4v) is 4.55. The van der Waals surface area contributed by atoms with E-state index in [0.29, 0.717) is 5.75 Å². The number of thiazole rings is 1. The van der Waals surface area contributed by atoms with Crippen LogP contribution in [0.5, 0.6) is 5.75 Å². The van der Waals surface area contributed by atoms with Crippen LogP contribution in [0.4, 0.5) is 5.13 Å². The van der Waals surface area contributed by atoms with Crippen molar-refractivity contribution < 1.29 is 10.2 Å². The average Bonchev–Trinajstić information content (AvgIpc) is 2.89. The Labute approximate surface area is 141 Å². The number of fused-ring (bicyclic) bond motifs is 1. The molecule has 1 aliphatic heterocycles. The number of phenolic OH excluding ortho intramolecular Hbond substituents is 1. The molecule has 3 rings (SSSR count). The van der Waals surface area contributed by atoms with E-state index in [1.807, 2.05) is 6.07 Å². The Hall–Kier alpha value is -1.33. The summed E-state index contributed by atoms with van der Waals surface area (Å²) in [5.74, 6) is 0.964. The molecule has 5 heteroatoms. The molecule has 2 aromatic rings. The lowest BCUT2D eigenvalue weighted by Gasteiger charge is -2.29. The fourth-order valence-electron chi connectivity index (χ4n) is 3.26. The van der Waals surface area contributed by atoms with E-state index in [1.54, 1.807) is 11.3 Å². The van der Waals surface area contributed by atoms with Crippen molar-refractivity contribution in [2.24, 2.45) is 0 Å². The summed E-state index contributed by atoms with van der Waals surface area (Å²) in [6.07, 6.45) is 1.42. The quantitative estimate of drug-likeness (QED) is 0.883. The van der Waals surface area contributed by atoms with Gasteiger partial charge in [-0.2, -0.15) is 0 Å². The number of benzene rings is 1. The summed E-state index contributed by atoms with van der Waals surface area (Å²) in [5, 5.41) is 21.4. The van der Waals surface area contributed by atoms with E-state index in [9.17, 15) is 10.2 Å². The van der Waals surface area contributed by atoms with Gasteiger partial charge < -0.3 is 15.1 Å². The van der Waals surface area contributed by atoms with Crippen LogP contribution in [0.1, 0.15) is 63.5 Å². The molecule has 0 bridgehead atoms. The molecule has 0 radical (unpaired) electrons. The second-order valence-corrected chi connectivity index (χ2v) is 8.08. The summed E-state index contributed by atoms with van der Waals surface area (Å²) in [4.78, 5) is 7.10. The Bertz CT molecular complexity index is 701. The molecule has 0 atom stereocenters. The number of aromatic nitrogens is 1. The number of piperidine rings is 1. The first-order valence-corrected chi connectivity index (χ1v) is 9.29. The molecule has 1 aromatic heterocycles. The molecule has 0 unspecified atom stereocenters. The number of hydrogen-bond acceptors (Lipinski definition) is 5. The Morgan fingerprint density at radius 2 is 1.83 bits per heavy atom. The van der Waals surface area contributed by atoms with Crippen LogP contribution >= 0.6 is 11.3 Å². The van der Waals surface area contributed by atoms with Crippen molar-refractivity contribution in [2.75, 3.05) is 18.0 Å². The fraction of sp³-hybridized carbons (Fsp3) is 0.611. The van der Waals surface area contributed by atoms with Crippen LogP contribution in [0.3, 0.4) is 0 Å². The molecule has 0 spiro atoms. The minimum absolute atomic E-state index is 0.177. The highest BCUT2D eigenvalue weighted by Gasteiger charge is 2.24. The SMILES string of the molecule is CC(C)c1cc2nc(N3CCC(O)CC3)sc2c(C(C)C)c1O. The van der Waals surface area contributed by atoms with Crippen molar-refractivity contribution in [3.63, 3.8) is 0 Å². The highest BCUT2D eigenvalue weighted by Crippen LogP contribution is 2.43. The van der Waals surface area contributed by atoms with Gasteiger partial charge in [0.15, 0.2) is 5.13 Å². The standard InChI is InChI=1S/C18H26N2O2S/c1-10(2)13-9-14-17(15(11(3)4)16(13)22)23-18(19-14)20-7-5-12(21)6-8-20/h9-12,21-22H,5-8H2,1-4H3. The van der Waals surface area contributed by atoms with Crippen LogP contribution in [0.15, 0.2) is 6.07 Å². The van der Waals surface area contributed by atoms with Crippen molar-refractivity contribution >= 4 is 26.7 Å². The first kappa shape index (κ1) is 16.5. The number of aliphatic hydroxyl groups is 1. The zero-order valence-electron chi connectivity index (χ0n) is 14.3. The number of aromatic hydroxyl groups is 1. The van der Waals surface area contributed by atoms with E-state index in [4.69, 9.17) is 4.98 Å². The summed E-state index contributed by atoms with van der Waals surface area (Å²) in [7, 11) is 0. The first-order chi connectivity index (χ1) is 10.9. The summed E-state index contributed by atoms with van der Waals surface area (Å²) in [5.41, 5.74) is 2.99. The Kier molecular flexibility index (Phi) is 4.52. The lowest BCUT2D eigenvalue weighted by atomic mass is 9.93. The molecule has 0 saturated carbocycles. The van der Waals surface area contributed by atoms with Gasteiger partial charge in [-0.1, -0.05) is 39.0 Å². The zero-order valence-corrected chi connectivity index (χ0v) is 15.2. The first-order valence-electron chi connectivity index (χ1n) is 8.47. The van der Waals surface area contributed by atoms with Gasteiger partial charge in [0.05, 0.1) is 16.3 Å². The number of phenols is 1. The maximum Gasteiger partial charge on any atom is 0.186 e. The van der Waals surface area contributed by atoms with Crippen molar-refractivity contribution in [1.29, 1.82) is 0 Å². The van der Waals surface area contributed by atoms with Crippen molar-refractivity contribution in [1.82, 2.24) is 4.98 Å². The van der Waals surface area contributed by atoms with Gasteiger partial charge in [-0.15, -0.1) is 0 Å². The second-order valence-electron chi connectivity index (χ2n) is 7.10. The topological polar surface area (TPSA) is 56.6 Å². The van der Waals surface area contributed by atoms with Crippen molar-refractivity contribution in [3.05, 3.63) is 17.2 Å². The summed E-state index contributed by atoms with van der Waals surface area (Å²) < 4.78 is 1.10. The lowest BCUT2D eigenvalue weighted by molar-refractivity contribution is 0.145. The van der Waals surface area contributed by atoms with Gasteiger partial charge in [0.25, 0.3) is 0 Å². The molecule has 126 valence electrons. The van der Waals surface area contributed by atoms with Gasteiger partial charge in [-0.25, -0.2) is 4.98 Å². The maximum atomic E-state index is 10.7. The van der Waals surface area contributed by atoms with Crippen LogP contribution in [-0.4, -0.2) is 34.4 Å². The zero-order chi connectivity index (χ0) is 16.7. The van der Waals surface area contributed by atoms with Crippen LogP contribution in [-0.2, 0) is 0 Å². The van der Waals surface area contributed by atoms with Gasteiger partial charge in [-0.3, -0.25) is 0 Å². The number of nitrogens with zero attached hydrogens (tertiary/aromatic N) is 2. The van der Waals surface area contributed by atoms with Gasteiger partial charge in [0.1, 0.15) is 5.75 Å². The Morgan fingerprint density at radius 1 is 1.17 bits per heavy atom. The summed E-state index contributed by atoms with van der Waals surface area (Å²) in [6.45, 7) is 10.1. The van der Waals surface area contributed by atoms with E-state index in [1.165, 1.54) is 0 Å². The van der Waals surface area contributed by atoms with Gasteiger partial charge in [0, 0.05) is 18.7 Å². The molecular formula is C18H26N2O2S. The molecule has 1 saturated heterocycles. The smallest absolute Gasteiger partial charge is 0.186 e. The average molecular weight is 334 g/mol. The summed E-state index contributed by atoms with van der Waals surface area (Å²) in [6, 6.07) is 2.04. The molecule has 1 aromatic carbocycles. The molecular weight excluding hydrogens is 308 g/mol. The van der Waals surface area contributed by atoms with E-state index in [2.05, 4.69) is 32.6 Å². The summed E-state index contributed by atoms with van der Waals surface area (Å²) >= 11 is 1.67. The molecule has 1 fully saturated rings. The largest absolute Gasteiger partial charge is 0.507 e. The Morgan fingerprint density at radius 3 is 2.39 bits per heavy atom. The van der Waals surface area contributed by atoms with Crippen LogP contribution in [0.2, 0.25) is 0 Å². The normalized spacial score (nSPS) is 16.9. The monoisotopic (exact) mass is 334 g/mol. The van der Waals surface area contributed by atoms with Gasteiger partial charge >= 0.3 is 0 Å². The van der Waals surface area contributed by atoms with E-state index < -0.39 is 0 Å². The highest BCUT2D eigenvalue weighted by molar-refractivity contribution is 7.22. The van der Waals surface area contributed by atoms with Crippen LogP contribution in [0, 0.1) is 0 Å². The van der Waals surface area contributed by atoms with Gasteiger partial charge in [-0.05, 0) is 36.3 Å². The van der Waals surface area contributed by atoms with E-state index >= 15 is 0 Å². The third-order valence-electron chi connectivity index (χ3n) is 4.64. The molecule has 23 heavy (non-hydrogen) atoms. The highest BCUT2D eigenvalue weighted by atomic mass is 32.1. The van der Waals surface area contributed by atoms with Crippen LogP contribution in [0.25, 0.3) is 10.2 Å². The Balaban J connectivity index is 2.09. The predicted molar refractivity (Wildman–Crippen MR) is 96.9 cm³/mol. The van der Waals surface area contributed by atoms with Crippen molar-refractivity contribution in [3.8, 4) is 5.75 Å². The molecule has 2 heterocycles. The van der Waals surface area contributed by atoms with E-state index in [-0.39, 0.29) is 17.9 Å². The minimum atomic E-state index is -0.177. The number of rotatable bonds is 3. The third kappa shape index (κ3) is 3.04. The van der Waals surface area contributed by atoms with Gasteiger partial charge in [0.2, 0.25) is 0 Å². The number of hydrogen-bond donors (Lipinski definition) is 2. The van der Waals surface area contributed by atoms with Crippen molar-refractivity contribution in [2.45, 2.75) is 58.5 Å². The molecule has 2 N–H and O–H groups in total. The number of anilines is 1. The van der Waals surface area contributed by atoms with Crippen LogP contribution < -0.4 is 4.90 Å². The van der Waals surface area contributed by atoms with E-state index in [0.717, 1.165) is 52.4 Å². The predicted octanol–water partition coefficient (Wildman–Crippen LogP) is 4.21.